The number of hydrogen-bond donors (Lipinski definition) is 0. The third-order valence-corrected chi connectivity index (χ3v) is 2.03. The van der Waals surface area contributed by atoms with Crippen LogP contribution in [0.5, 0.6) is 0 Å². The molecule has 0 unspecified atom stereocenters. The zero-order valence-electron chi connectivity index (χ0n) is 5.00. The van der Waals surface area contributed by atoms with Crippen molar-refractivity contribution in [2.75, 3.05) is 0 Å². The van der Waals surface area contributed by atoms with Crippen molar-refractivity contribution in [2.45, 2.75) is 0 Å². The van der Waals surface area contributed by atoms with E-state index in [2.05, 4.69) is 0 Å². The lowest BCUT2D eigenvalue weighted by molar-refractivity contribution is 0.0572. The maximum Gasteiger partial charge on any atom is 0.387 e. The Balaban J connectivity index is 3.15. The fraction of sp³-hybridized carbons (Fsp3) is 0. The molecule has 0 aliphatic carbocycles. The van der Waals surface area contributed by atoms with Crippen molar-refractivity contribution >= 4 is 28.6 Å². The predicted octanol–water partition coefficient (Wildman–Crippen LogP) is 1.86. The molecular formula is C7H4IO2. The molecule has 1 aromatic carbocycles. The number of carbonyl (C=O) groups excluding carboxylic acids is 1. The molecule has 10 heavy (non-hydrogen) atoms. The quantitative estimate of drug-likeness (QED) is 0.698. The molecule has 0 aromatic heterocycles. The molecule has 0 saturated heterocycles. The van der Waals surface area contributed by atoms with Crippen LogP contribution in [0.1, 0.15) is 10.4 Å². The number of halogens is 1. The van der Waals surface area contributed by atoms with Gasteiger partial charge >= 0.3 is 5.97 Å². The molecule has 1 rings (SSSR count). The van der Waals surface area contributed by atoms with Crippen LogP contribution in [0.3, 0.4) is 0 Å². The highest BCUT2D eigenvalue weighted by molar-refractivity contribution is 14.1. The Kier molecular flexibility index (Phi) is 2.26. The summed E-state index contributed by atoms with van der Waals surface area (Å²) in [5.41, 5.74) is 0.253. The van der Waals surface area contributed by atoms with Crippen molar-refractivity contribution in [3.05, 3.63) is 33.4 Å². The molecule has 0 aliphatic heterocycles. The van der Waals surface area contributed by atoms with Crippen LogP contribution in [0.15, 0.2) is 24.3 Å². The van der Waals surface area contributed by atoms with Gasteiger partial charge in [-0.15, -0.1) is 0 Å². The van der Waals surface area contributed by atoms with Gasteiger partial charge in [0.15, 0.2) is 0 Å². The molecule has 3 heteroatoms. The van der Waals surface area contributed by atoms with E-state index in [1.807, 2.05) is 22.6 Å². The Morgan fingerprint density at radius 1 is 1.30 bits per heavy atom. The molecule has 0 spiro atoms. The van der Waals surface area contributed by atoms with Gasteiger partial charge in [0.2, 0.25) is 0 Å². The summed E-state index contributed by atoms with van der Waals surface area (Å²) >= 11 is 1.95. The molecule has 51 valence electrons. The Bertz CT molecular complexity index is 258. The first-order chi connectivity index (χ1) is 4.72. The van der Waals surface area contributed by atoms with E-state index in [1.165, 1.54) is 6.07 Å². The van der Waals surface area contributed by atoms with Crippen molar-refractivity contribution in [1.82, 2.24) is 0 Å². The van der Waals surface area contributed by atoms with E-state index in [0.29, 0.717) is 3.57 Å². The number of carbonyl (C=O) groups is 1. The third kappa shape index (κ3) is 1.47. The first-order valence-corrected chi connectivity index (χ1v) is 3.75. The Morgan fingerprint density at radius 2 is 1.90 bits per heavy atom. The van der Waals surface area contributed by atoms with Gasteiger partial charge in [-0.25, -0.2) is 9.90 Å². The van der Waals surface area contributed by atoms with Crippen LogP contribution in [-0.4, -0.2) is 5.97 Å². The molecular weight excluding hydrogens is 243 g/mol. The van der Waals surface area contributed by atoms with Crippen LogP contribution >= 0.6 is 22.6 Å². The van der Waals surface area contributed by atoms with Gasteiger partial charge in [0.25, 0.3) is 0 Å². The van der Waals surface area contributed by atoms with Crippen molar-refractivity contribution in [3.8, 4) is 0 Å². The summed E-state index contributed by atoms with van der Waals surface area (Å²) in [7, 11) is 0. The van der Waals surface area contributed by atoms with E-state index in [-0.39, 0.29) is 5.56 Å². The van der Waals surface area contributed by atoms with E-state index >= 15 is 0 Å². The van der Waals surface area contributed by atoms with Crippen molar-refractivity contribution in [2.24, 2.45) is 0 Å². The number of hydrogen-bond acceptors (Lipinski definition) is 1. The van der Waals surface area contributed by atoms with Crippen LogP contribution in [0.2, 0.25) is 0 Å². The second-order valence-corrected chi connectivity index (χ2v) is 2.93. The highest BCUT2D eigenvalue weighted by Gasteiger charge is 2.06. The molecule has 0 fully saturated rings. The second-order valence-electron chi connectivity index (χ2n) is 1.77. The summed E-state index contributed by atoms with van der Waals surface area (Å²) in [4.78, 5) is 10.3. The summed E-state index contributed by atoms with van der Waals surface area (Å²) in [5, 5.41) is 10.3. The monoisotopic (exact) mass is 247 g/mol. The van der Waals surface area contributed by atoms with Gasteiger partial charge in [-0.05, 0) is 34.7 Å². The van der Waals surface area contributed by atoms with Gasteiger partial charge in [0, 0.05) is 3.57 Å². The molecule has 0 N–H and O–H groups in total. The van der Waals surface area contributed by atoms with Crippen LogP contribution in [0, 0.1) is 3.57 Å². The van der Waals surface area contributed by atoms with Crippen LogP contribution in [0.4, 0.5) is 0 Å². The fourth-order valence-corrected chi connectivity index (χ4v) is 1.23. The normalized spacial score (nSPS) is 9.30. The lowest BCUT2D eigenvalue weighted by atomic mass is 10.2. The second kappa shape index (κ2) is 3.01. The fourth-order valence-electron chi connectivity index (χ4n) is 0.627. The molecule has 0 aliphatic rings. The maximum atomic E-state index is 10.3. The standard InChI is InChI=1S/C7H4IO2/c8-6-4-2-1-3-5(6)7(9)10/h1-4H. The molecule has 1 radical (unpaired) electrons. The van der Waals surface area contributed by atoms with Crippen molar-refractivity contribution in [3.63, 3.8) is 0 Å². The smallest absolute Gasteiger partial charge is 0.241 e. The zero-order chi connectivity index (χ0) is 7.56. The zero-order valence-corrected chi connectivity index (χ0v) is 7.16. The predicted molar refractivity (Wildman–Crippen MR) is 44.2 cm³/mol. The van der Waals surface area contributed by atoms with Crippen LogP contribution < -0.4 is 0 Å². The molecule has 0 atom stereocenters. The summed E-state index contributed by atoms with van der Waals surface area (Å²) < 4.78 is 0.708. The molecule has 0 amide bonds. The average Bonchev–Trinajstić information content (AvgIpc) is 1.88. The average molecular weight is 247 g/mol. The van der Waals surface area contributed by atoms with Gasteiger partial charge in [-0.1, -0.05) is 12.1 Å². The SMILES string of the molecule is [O]C(=O)c1ccccc1I. The summed E-state index contributed by atoms with van der Waals surface area (Å²) in [5.74, 6) is -1.12. The highest BCUT2D eigenvalue weighted by Crippen LogP contribution is 2.10. The maximum absolute atomic E-state index is 10.3. The largest absolute Gasteiger partial charge is 0.387 e. The molecule has 0 heterocycles. The number of benzene rings is 1. The summed E-state index contributed by atoms with van der Waals surface area (Å²) in [6.45, 7) is 0. The molecule has 0 saturated carbocycles. The minimum Gasteiger partial charge on any atom is -0.241 e. The minimum absolute atomic E-state index is 0.253. The van der Waals surface area contributed by atoms with Gasteiger partial charge < -0.3 is 0 Å². The highest BCUT2D eigenvalue weighted by atomic mass is 127. The van der Waals surface area contributed by atoms with E-state index in [9.17, 15) is 9.90 Å². The minimum atomic E-state index is -1.12. The first-order valence-electron chi connectivity index (χ1n) is 2.67. The van der Waals surface area contributed by atoms with E-state index in [4.69, 9.17) is 0 Å². The van der Waals surface area contributed by atoms with E-state index in [1.54, 1.807) is 18.2 Å². The Morgan fingerprint density at radius 3 is 2.30 bits per heavy atom. The molecule has 2 nitrogen and oxygen atoms in total. The first kappa shape index (κ1) is 7.53. The summed E-state index contributed by atoms with van der Waals surface area (Å²) in [6.07, 6.45) is 0. The topological polar surface area (TPSA) is 37.0 Å². The number of rotatable bonds is 1. The van der Waals surface area contributed by atoms with Crippen molar-refractivity contribution in [1.29, 1.82) is 0 Å². The molecule has 1 aromatic rings. The lowest BCUT2D eigenvalue weighted by Gasteiger charge is -1.92. The van der Waals surface area contributed by atoms with E-state index < -0.39 is 5.97 Å². The van der Waals surface area contributed by atoms with Gasteiger partial charge in [0.05, 0.1) is 5.56 Å². The van der Waals surface area contributed by atoms with E-state index in [0.717, 1.165) is 0 Å². The Hall–Kier alpha value is -0.580. The third-order valence-electron chi connectivity index (χ3n) is 1.09. The lowest BCUT2D eigenvalue weighted by Crippen LogP contribution is -1.96. The van der Waals surface area contributed by atoms with Crippen molar-refractivity contribution < 1.29 is 9.90 Å². The molecule has 0 bridgehead atoms. The van der Waals surface area contributed by atoms with Crippen LogP contribution in [-0.2, 0) is 5.11 Å². The van der Waals surface area contributed by atoms with Crippen LogP contribution in [0.25, 0.3) is 0 Å². The Labute approximate surface area is 72.0 Å². The van der Waals surface area contributed by atoms with Gasteiger partial charge in [0.1, 0.15) is 0 Å². The van der Waals surface area contributed by atoms with Gasteiger partial charge in [-0.3, -0.25) is 0 Å². The summed E-state index contributed by atoms with van der Waals surface area (Å²) in [6, 6.07) is 6.71. The van der Waals surface area contributed by atoms with Gasteiger partial charge in [-0.2, -0.15) is 0 Å².